The molecule has 0 aromatic heterocycles. The van der Waals surface area contributed by atoms with Gasteiger partial charge in [0.2, 0.25) is 5.91 Å². The molecule has 0 radical (unpaired) electrons. The number of thioether (sulfide) groups is 2. The van der Waals surface area contributed by atoms with Crippen molar-refractivity contribution in [3.05, 3.63) is 32.8 Å². The first-order valence-corrected chi connectivity index (χ1v) is 12.4. The van der Waals surface area contributed by atoms with Crippen LogP contribution in [-0.4, -0.2) is 66.1 Å². The van der Waals surface area contributed by atoms with E-state index in [-0.39, 0.29) is 16.7 Å². The van der Waals surface area contributed by atoms with Crippen molar-refractivity contribution < 1.29 is 14.3 Å². The van der Waals surface area contributed by atoms with Gasteiger partial charge in [-0.05, 0) is 19.3 Å². The lowest BCUT2D eigenvalue weighted by Crippen LogP contribution is -2.48. The van der Waals surface area contributed by atoms with Crippen LogP contribution in [0.5, 0.6) is 0 Å². The van der Waals surface area contributed by atoms with Crippen molar-refractivity contribution in [1.82, 2.24) is 15.5 Å². The minimum atomic E-state index is -0.475. The van der Waals surface area contributed by atoms with Gasteiger partial charge in [-0.1, -0.05) is 47.1 Å². The quantitative estimate of drug-likeness (QED) is 0.477. The van der Waals surface area contributed by atoms with Gasteiger partial charge in [-0.3, -0.25) is 14.5 Å². The normalized spacial score (nSPS) is 27.4. The van der Waals surface area contributed by atoms with Gasteiger partial charge in [-0.2, -0.15) is 0 Å². The molecule has 2 amide bonds. The second-order valence-corrected chi connectivity index (χ2v) is 10.8. The van der Waals surface area contributed by atoms with E-state index in [4.69, 9.17) is 33.7 Å². The van der Waals surface area contributed by atoms with Crippen molar-refractivity contribution in [1.29, 1.82) is 0 Å². The molecule has 30 heavy (non-hydrogen) atoms. The zero-order valence-electron chi connectivity index (χ0n) is 16.7. The molecule has 2 aliphatic heterocycles. The zero-order chi connectivity index (χ0) is 21.7. The molecule has 0 aromatic rings. The maximum atomic E-state index is 12.2. The summed E-state index contributed by atoms with van der Waals surface area (Å²) in [6.07, 6.45) is 4.82. The molecule has 3 rings (SSSR count). The molecule has 4 N–H and O–H groups in total. The van der Waals surface area contributed by atoms with Gasteiger partial charge in [0.1, 0.15) is 10.4 Å². The summed E-state index contributed by atoms with van der Waals surface area (Å²) in [5.41, 5.74) is 5.75. The Kier molecular flexibility index (Phi) is 8.85. The van der Waals surface area contributed by atoms with Gasteiger partial charge in [0.15, 0.2) is 0 Å². The van der Waals surface area contributed by atoms with E-state index in [0.29, 0.717) is 40.6 Å². The Labute approximate surface area is 195 Å². The van der Waals surface area contributed by atoms with E-state index in [2.05, 4.69) is 15.5 Å². The number of nitrogens with zero attached hydrogens (tertiary/aromatic N) is 1. The van der Waals surface area contributed by atoms with E-state index in [1.54, 1.807) is 0 Å². The van der Waals surface area contributed by atoms with Crippen LogP contribution in [0.15, 0.2) is 32.8 Å². The van der Waals surface area contributed by atoms with Crippen LogP contribution < -0.4 is 16.4 Å². The zero-order valence-corrected chi connectivity index (χ0v) is 19.8. The number of nitrogens with one attached hydrogen (secondary N) is 2. The maximum absolute atomic E-state index is 12.2. The molecule has 166 valence electrons. The first kappa shape index (κ1) is 23.8. The molecular formula is C19H26Cl2N4O3S2. The lowest BCUT2D eigenvalue weighted by molar-refractivity contribution is -0.119. The summed E-state index contributed by atoms with van der Waals surface area (Å²) in [4.78, 5) is 26.7. The fourth-order valence-electron chi connectivity index (χ4n) is 3.45. The standard InChI is InChI=1S/C19H26Cl2N4O3S2/c1-11-17(18(22)27)24-19(30-11)29-10-16(26)23-7-13-9-25(4-5-28-13)8-12-2-3-14(20)15(21)6-12/h3,6,12-13,19,24H,2,4-5,7-10H2,1H3,(H2,22,27)(H,23,26)/t12?,13-,19?/m0/s1. The third kappa shape index (κ3) is 6.83. The van der Waals surface area contributed by atoms with E-state index in [0.717, 1.165) is 31.0 Å². The molecule has 1 saturated heterocycles. The average molecular weight is 493 g/mol. The Morgan fingerprint density at radius 3 is 2.93 bits per heavy atom. The van der Waals surface area contributed by atoms with Crippen molar-refractivity contribution in [3.8, 4) is 0 Å². The van der Waals surface area contributed by atoms with E-state index >= 15 is 0 Å². The van der Waals surface area contributed by atoms with Gasteiger partial charge in [0.25, 0.3) is 5.91 Å². The second kappa shape index (κ2) is 11.2. The monoisotopic (exact) mass is 492 g/mol. The van der Waals surface area contributed by atoms with Gasteiger partial charge in [0.05, 0.1) is 28.5 Å². The van der Waals surface area contributed by atoms with Crippen LogP contribution >= 0.6 is 46.7 Å². The predicted molar refractivity (Wildman–Crippen MR) is 124 cm³/mol. The van der Waals surface area contributed by atoms with Crippen molar-refractivity contribution in [2.24, 2.45) is 11.7 Å². The first-order valence-electron chi connectivity index (χ1n) is 9.71. The number of hydrogen-bond donors (Lipinski definition) is 3. The maximum Gasteiger partial charge on any atom is 0.265 e. The fourth-order valence-corrected chi connectivity index (χ4v) is 6.15. The number of carbonyl (C=O) groups excluding carboxylic acids is 2. The molecule has 2 unspecified atom stereocenters. The lowest BCUT2D eigenvalue weighted by atomic mass is 9.99. The number of primary amides is 1. The van der Waals surface area contributed by atoms with E-state index < -0.39 is 5.91 Å². The summed E-state index contributed by atoms with van der Waals surface area (Å²) >= 11 is 15.1. The third-order valence-corrected chi connectivity index (χ3v) is 8.18. The highest BCUT2D eigenvalue weighted by Gasteiger charge is 2.27. The molecule has 0 aromatic carbocycles. The second-order valence-electron chi connectivity index (χ2n) is 7.32. The molecule has 3 aliphatic rings. The molecule has 2 heterocycles. The summed E-state index contributed by atoms with van der Waals surface area (Å²) in [5, 5.41) is 7.23. The largest absolute Gasteiger partial charge is 0.374 e. The number of rotatable bonds is 8. The Hall–Kier alpha value is -0.840. The van der Waals surface area contributed by atoms with Crippen molar-refractivity contribution in [2.45, 2.75) is 24.2 Å². The van der Waals surface area contributed by atoms with Crippen LogP contribution in [-0.2, 0) is 14.3 Å². The topological polar surface area (TPSA) is 96.7 Å². The number of amides is 2. The number of hydrogen-bond acceptors (Lipinski definition) is 7. The van der Waals surface area contributed by atoms with Crippen LogP contribution in [0.2, 0.25) is 0 Å². The van der Waals surface area contributed by atoms with Crippen molar-refractivity contribution in [3.63, 3.8) is 0 Å². The van der Waals surface area contributed by atoms with Gasteiger partial charge in [-0.15, -0.1) is 11.8 Å². The van der Waals surface area contributed by atoms with Gasteiger partial charge < -0.3 is 21.1 Å². The summed E-state index contributed by atoms with van der Waals surface area (Å²) < 4.78 is 5.72. The summed E-state index contributed by atoms with van der Waals surface area (Å²) in [6.45, 7) is 5.46. The number of halogens is 2. The average Bonchev–Trinajstić information content (AvgIpc) is 3.09. The van der Waals surface area contributed by atoms with Crippen LogP contribution in [0.4, 0.5) is 0 Å². The minimum absolute atomic E-state index is 0.0424. The van der Waals surface area contributed by atoms with Gasteiger partial charge >= 0.3 is 0 Å². The Morgan fingerprint density at radius 1 is 1.43 bits per heavy atom. The Balaban J connectivity index is 1.35. The van der Waals surface area contributed by atoms with Crippen LogP contribution in [0, 0.1) is 5.92 Å². The molecule has 1 aliphatic carbocycles. The smallest absolute Gasteiger partial charge is 0.265 e. The SMILES string of the molecule is CC1=C(C(N)=O)NC(SCC(=O)NC[C@H]2CN(CC3C=C(Cl)C(Cl)=CC3)CCO2)S1. The number of carbonyl (C=O) groups is 2. The summed E-state index contributed by atoms with van der Waals surface area (Å²) in [5.74, 6) is 0.0917. The van der Waals surface area contributed by atoms with E-state index in [1.165, 1.54) is 23.5 Å². The highest BCUT2D eigenvalue weighted by Crippen LogP contribution is 2.35. The minimum Gasteiger partial charge on any atom is -0.374 e. The molecule has 1 fully saturated rings. The summed E-state index contributed by atoms with van der Waals surface area (Å²) in [6, 6.07) is 0. The molecule has 0 spiro atoms. The summed E-state index contributed by atoms with van der Waals surface area (Å²) in [7, 11) is 0. The highest BCUT2D eigenvalue weighted by molar-refractivity contribution is 8.19. The molecule has 0 bridgehead atoms. The number of ether oxygens (including phenoxy) is 1. The number of allylic oxidation sites excluding steroid dienone is 4. The van der Waals surface area contributed by atoms with E-state index in [1.807, 2.05) is 19.1 Å². The molecule has 3 atom stereocenters. The Morgan fingerprint density at radius 2 is 2.23 bits per heavy atom. The lowest BCUT2D eigenvalue weighted by Gasteiger charge is -2.35. The third-order valence-electron chi connectivity index (χ3n) is 4.96. The molecular weight excluding hydrogens is 467 g/mol. The number of nitrogens with two attached hydrogens (primary N) is 1. The fraction of sp³-hybridized carbons (Fsp3) is 0.579. The van der Waals surface area contributed by atoms with Crippen LogP contribution in [0.3, 0.4) is 0 Å². The van der Waals surface area contributed by atoms with Crippen molar-refractivity contribution in [2.75, 3.05) is 38.5 Å². The predicted octanol–water partition coefficient (Wildman–Crippen LogP) is 2.14. The molecule has 7 nitrogen and oxygen atoms in total. The van der Waals surface area contributed by atoms with Gasteiger partial charge in [-0.25, -0.2) is 0 Å². The van der Waals surface area contributed by atoms with Crippen LogP contribution in [0.25, 0.3) is 0 Å². The Bertz CT molecular complexity index is 775. The van der Waals surface area contributed by atoms with Crippen LogP contribution in [0.1, 0.15) is 13.3 Å². The molecule has 11 heteroatoms. The number of morpholine rings is 1. The highest BCUT2D eigenvalue weighted by atomic mass is 35.5. The molecule has 0 saturated carbocycles. The van der Waals surface area contributed by atoms with Crippen molar-refractivity contribution >= 4 is 58.5 Å². The first-order chi connectivity index (χ1) is 14.3. The van der Waals surface area contributed by atoms with E-state index in [9.17, 15) is 9.59 Å². The van der Waals surface area contributed by atoms with Gasteiger partial charge in [0, 0.05) is 31.1 Å².